The van der Waals surface area contributed by atoms with Crippen LogP contribution in [0.2, 0.25) is 0 Å². The summed E-state index contributed by atoms with van der Waals surface area (Å²) in [7, 11) is 0. The molecule has 270 valence electrons. The van der Waals surface area contributed by atoms with Gasteiger partial charge in [-0.1, -0.05) is 44.2 Å². The highest BCUT2D eigenvalue weighted by Gasteiger charge is 2.51. The number of amides is 2. The Morgan fingerprint density at radius 3 is 2.32 bits per heavy atom. The molecule has 9 heteroatoms. The Morgan fingerprint density at radius 1 is 0.960 bits per heavy atom. The van der Waals surface area contributed by atoms with Gasteiger partial charge in [0, 0.05) is 56.0 Å². The number of terminal acetylenes is 1. The van der Waals surface area contributed by atoms with Gasteiger partial charge in [0.1, 0.15) is 11.6 Å². The van der Waals surface area contributed by atoms with E-state index in [2.05, 4.69) is 80.8 Å². The average molecular weight is 682 g/mol. The lowest BCUT2D eigenvalue weighted by molar-refractivity contribution is -0.155. The number of fused-ring (bicyclic) bond motifs is 2. The summed E-state index contributed by atoms with van der Waals surface area (Å²) >= 11 is 0. The molecule has 2 aromatic rings. The van der Waals surface area contributed by atoms with Crippen LogP contribution in [0.25, 0.3) is 0 Å². The zero-order valence-electron chi connectivity index (χ0n) is 30.7. The highest BCUT2D eigenvalue weighted by Crippen LogP contribution is 2.53. The summed E-state index contributed by atoms with van der Waals surface area (Å²) in [5, 5.41) is 12.4. The molecule has 50 heavy (non-hydrogen) atoms. The summed E-state index contributed by atoms with van der Waals surface area (Å²) in [5.41, 5.74) is 1.53. The number of nitrogens with one attached hydrogen (secondary N) is 1. The van der Waals surface area contributed by atoms with Gasteiger partial charge in [0.05, 0.1) is 12.0 Å². The Morgan fingerprint density at radius 2 is 1.66 bits per heavy atom. The zero-order valence-corrected chi connectivity index (χ0v) is 30.7. The summed E-state index contributed by atoms with van der Waals surface area (Å²) in [4.78, 5) is 34.2. The van der Waals surface area contributed by atoms with Gasteiger partial charge in [-0.2, -0.15) is 0 Å². The van der Waals surface area contributed by atoms with Crippen LogP contribution >= 0.6 is 0 Å². The van der Waals surface area contributed by atoms with Crippen LogP contribution in [-0.2, 0) is 9.59 Å². The van der Waals surface area contributed by atoms with Gasteiger partial charge in [-0.15, -0.1) is 22.5 Å². The van der Waals surface area contributed by atoms with Crippen LogP contribution in [0.5, 0.6) is 0 Å². The van der Waals surface area contributed by atoms with Crippen molar-refractivity contribution in [2.24, 2.45) is 17.3 Å². The Bertz CT molecular complexity index is 1490. The van der Waals surface area contributed by atoms with Crippen molar-refractivity contribution >= 4 is 11.8 Å². The number of piperidine rings is 2. The minimum absolute atomic E-state index is 0.0344. The van der Waals surface area contributed by atoms with Gasteiger partial charge in [0.25, 0.3) is 0 Å². The second-order valence-corrected chi connectivity index (χ2v) is 16.7. The van der Waals surface area contributed by atoms with Crippen molar-refractivity contribution in [1.82, 2.24) is 34.8 Å². The number of rotatable bonds is 13. The van der Waals surface area contributed by atoms with Gasteiger partial charge in [-0.25, -0.2) is 0 Å². The second kappa shape index (κ2) is 15.2. The first kappa shape index (κ1) is 35.2. The molecule has 5 aliphatic rings. The molecule has 4 saturated heterocycles. The maximum Gasteiger partial charge on any atom is 0.227 e. The van der Waals surface area contributed by atoms with Crippen molar-refractivity contribution in [2.75, 3.05) is 39.3 Å². The van der Waals surface area contributed by atoms with E-state index in [1.54, 1.807) is 0 Å². The van der Waals surface area contributed by atoms with Gasteiger partial charge < -0.3 is 19.7 Å². The predicted molar refractivity (Wildman–Crippen MR) is 196 cm³/mol. The summed E-state index contributed by atoms with van der Waals surface area (Å²) in [5.74, 6) is 5.64. The maximum absolute atomic E-state index is 13.6. The molecular weight excluding hydrogens is 622 g/mol. The molecule has 5 heterocycles. The van der Waals surface area contributed by atoms with Crippen molar-refractivity contribution < 1.29 is 9.59 Å². The predicted octanol–water partition coefficient (Wildman–Crippen LogP) is 5.88. The average Bonchev–Trinajstić information content (AvgIpc) is 3.58. The molecule has 2 unspecified atom stereocenters. The van der Waals surface area contributed by atoms with Crippen LogP contribution < -0.4 is 5.32 Å². The molecule has 1 saturated carbocycles. The van der Waals surface area contributed by atoms with Crippen LogP contribution in [-0.4, -0.2) is 92.6 Å². The van der Waals surface area contributed by atoms with E-state index in [-0.39, 0.29) is 29.7 Å². The summed E-state index contributed by atoms with van der Waals surface area (Å²) in [6, 6.07) is 12.0. The number of hydrogen-bond donors (Lipinski definition) is 1. The first-order valence-corrected chi connectivity index (χ1v) is 19.7. The molecule has 3 atom stereocenters. The largest absolute Gasteiger partial charge is 0.349 e. The number of carbonyl (C=O) groups excluding carboxylic acids is 2. The molecule has 1 N–H and O–H groups in total. The lowest BCUT2D eigenvalue weighted by atomic mass is 9.57. The molecule has 4 aliphatic heterocycles. The minimum atomic E-state index is -0.119. The number of nitrogens with zero attached hydrogens (tertiary/aromatic N) is 6. The van der Waals surface area contributed by atoms with E-state index >= 15 is 0 Å². The third-order valence-corrected chi connectivity index (χ3v) is 13.1. The maximum atomic E-state index is 13.6. The van der Waals surface area contributed by atoms with E-state index in [4.69, 9.17) is 6.42 Å². The third kappa shape index (κ3) is 7.39. The molecule has 2 bridgehead atoms. The number of benzene rings is 1. The van der Waals surface area contributed by atoms with Gasteiger partial charge in [0.2, 0.25) is 11.8 Å². The monoisotopic (exact) mass is 681 g/mol. The van der Waals surface area contributed by atoms with Gasteiger partial charge in [-0.3, -0.25) is 14.5 Å². The zero-order chi connectivity index (χ0) is 34.8. The first-order chi connectivity index (χ1) is 24.2. The van der Waals surface area contributed by atoms with Crippen LogP contribution in [0.1, 0.15) is 126 Å². The molecule has 2 amide bonds. The lowest BCUT2D eigenvalue weighted by Gasteiger charge is -2.53. The van der Waals surface area contributed by atoms with Gasteiger partial charge in [0.15, 0.2) is 0 Å². The summed E-state index contributed by atoms with van der Waals surface area (Å²) in [6.45, 7) is 12.0. The van der Waals surface area contributed by atoms with Crippen LogP contribution in [0, 0.1) is 36.5 Å². The highest BCUT2D eigenvalue weighted by atomic mass is 16.2. The molecule has 1 aliphatic carbocycles. The lowest BCUT2D eigenvalue weighted by Crippen LogP contribution is -2.60. The molecule has 1 aromatic heterocycles. The number of hydrogen-bond acceptors (Lipinski definition) is 6. The van der Waals surface area contributed by atoms with E-state index < -0.39 is 0 Å². The van der Waals surface area contributed by atoms with Crippen molar-refractivity contribution in [3.8, 4) is 12.3 Å². The number of likely N-dealkylation sites (tertiary alicyclic amines) is 2. The summed E-state index contributed by atoms with van der Waals surface area (Å²) < 4.78 is 2.42. The molecular formula is C41H59N7O2. The quantitative estimate of drug-likeness (QED) is 0.210. The standard InChI is InChI=1S/C41H59N7O2/c1-5-6-7-11-19-45-21-17-41(18-22-45)25-32(26-41)40(50)46-27-33(28-46)39(49)42-37(31-12-9-8-10-13-31)16-20-47-34-14-15-35(47)24-36(23-34)48-30(4)43-44-38(48)29(2)3/h1,8-10,12-13,29,32-37H,6-7,11,14-28H2,2-4H3,(H,42,49)/t34?,35?,36?,37-/m0/s1. The fourth-order valence-electron chi connectivity index (χ4n) is 10.1. The number of aromatic nitrogens is 3. The van der Waals surface area contributed by atoms with E-state index in [9.17, 15) is 9.59 Å². The number of carbonyl (C=O) groups is 2. The van der Waals surface area contributed by atoms with E-state index in [1.165, 1.54) is 32.1 Å². The summed E-state index contributed by atoms with van der Waals surface area (Å²) in [6.07, 6.45) is 18.7. The van der Waals surface area contributed by atoms with Crippen molar-refractivity contribution in [3.05, 3.63) is 47.5 Å². The molecule has 9 nitrogen and oxygen atoms in total. The molecule has 1 spiro atoms. The molecule has 0 radical (unpaired) electrons. The van der Waals surface area contributed by atoms with Crippen LogP contribution in [0.3, 0.4) is 0 Å². The fourth-order valence-corrected chi connectivity index (χ4v) is 10.1. The minimum Gasteiger partial charge on any atom is -0.349 e. The van der Waals surface area contributed by atoms with Crippen molar-refractivity contribution in [2.45, 2.75) is 128 Å². The third-order valence-electron chi connectivity index (χ3n) is 13.1. The van der Waals surface area contributed by atoms with Crippen molar-refractivity contribution in [1.29, 1.82) is 0 Å². The smallest absolute Gasteiger partial charge is 0.227 e. The van der Waals surface area contributed by atoms with Crippen LogP contribution in [0.4, 0.5) is 0 Å². The Labute approximate surface area is 299 Å². The highest BCUT2D eigenvalue weighted by molar-refractivity contribution is 5.86. The Balaban J connectivity index is 0.878. The van der Waals surface area contributed by atoms with Crippen molar-refractivity contribution in [3.63, 3.8) is 0 Å². The van der Waals surface area contributed by atoms with Gasteiger partial charge in [-0.05, 0) is 108 Å². The fraction of sp³-hybridized carbons (Fsp3) is 0.707. The van der Waals surface area contributed by atoms with Crippen LogP contribution in [0.15, 0.2) is 30.3 Å². The number of aryl methyl sites for hydroxylation is 1. The Kier molecular flexibility index (Phi) is 10.7. The Hall–Kier alpha value is -3.22. The SMILES string of the molecule is C#CCCCCN1CCC2(CC1)CC(C(=O)N1CC(C(=O)N[C@@H](CCN3C4CCC3CC(n3c(C)nnc3C(C)C)C4)c3ccccc3)C1)C2. The van der Waals surface area contributed by atoms with E-state index in [0.717, 1.165) is 88.3 Å². The molecule has 5 fully saturated rings. The number of unbranched alkanes of at least 4 members (excludes halogenated alkanes) is 2. The first-order valence-electron chi connectivity index (χ1n) is 19.7. The second-order valence-electron chi connectivity index (χ2n) is 16.7. The van der Waals surface area contributed by atoms with E-state index in [0.29, 0.717) is 42.5 Å². The molecule has 7 rings (SSSR count). The topological polar surface area (TPSA) is 86.6 Å². The normalized spacial score (nSPS) is 26.1. The molecule has 1 aromatic carbocycles. The van der Waals surface area contributed by atoms with Gasteiger partial charge >= 0.3 is 0 Å². The van der Waals surface area contributed by atoms with E-state index in [1.807, 2.05) is 11.0 Å².